The number of nitrogens with zero attached hydrogens (tertiary/aromatic N) is 2. The Morgan fingerprint density at radius 3 is 2.31 bits per heavy atom. The second-order valence-electron chi connectivity index (χ2n) is 14.3. The van der Waals surface area contributed by atoms with Gasteiger partial charge in [0.2, 0.25) is 17.7 Å². The molecule has 1 heterocycles. The molecule has 4 N–H and O–H groups in total. The molecular formula is C38H58N4O6. The molecule has 1 saturated heterocycles. The molecule has 0 aromatic heterocycles. The molecule has 2 unspecified atom stereocenters. The van der Waals surface area contributed by atoms with Gasteiger partial charge in [0.25, 0.3) is 0 Å². The highest BCUT2D eigenvalue weighted by molar-refractivity contribution is 5.91. The quantitative estimate of drug-likeness (QED) is 0.177. The number of rotatable bonds is 18. The fraction of sp³-hybridized carbons (Fsp3) is 0.684. The second-order valence-corrected chi connectivity index (χ2v) is 14.3. The van der Waals surface area contributed by atoms with Crippen molar-refractivity contribution in [2.45, 2.75) is 115 Å². The lowest BCUT2D eigenvalue weighted by molar-refractivity contribution is -0.137. The molecule has 1 saturated carbocycles. The van der Waals surface area contributed by atoms with Crippen molar-refractivity contribution < 1.29 is 29.4 Å². The first-order valence-corrected chi connectivity index (χ1v) is 17.9. The number of likely N-dealkylation sites (N-methyl/N-ethyl adjacent to an activating group) is 1. The zero-order chi connectivity index (χ0) is 35.1. The summed E-state index contributed by atoms with van der Waals surface area (Å²) in [6, 6.07) is 7.67. The Balaban J connectivity index is 1.71. The van der Waals surface area contributed by atoms with E-state index in [-0.39, 0.29) is 30.4 Å². The number of hydrogen-bond donors (Lipinski definition) is 4. The van der Waals surface area contributed by atoms with E-state index in [1.807, 2.05) is 44.2 Å². The van der Waals surface area contributed by atoms with Gasteiger partial charge in [0.15, 0.2) is 0 Å². The van der Waals surface area contributed by atoms with Crippen molar-refractivity contribution in [3.63, 3.8) is 0 Å². The maximum atomic E-state index is 13.8. The van der Waals surface area contributed by atoms with E-state index in [1.54, 1.807) is 11.9 Å². The zero-order valence-corrected chi connectivity index (χ0v) is 29.2. The summed E-state index contributed by atoms with van der Waals surface area (Å²) in [6.45, 7) is 6.43. The van der Waals surface area contributed by atoms with Crippen molar-refractivity contribution in [1.29, 1.82) is 0 Å². The van der Waals surface area contributed by atoms with Gasteiger partial charge >= 0.3 is 0 Å². The molecule has 0 bridgehead atoms. The Morgan fingerprint density at radius 2 is 1.69 bits per heavy atom. The maximum absolute atomic E-state index is 13.8. The van der Waals surface area contributed by atoms with Crippen LogP contribution in [0.4, 0.5) is 0 Å². The highest BCUT2D eigenvalue weighted by Gasteiger charge is 2.34. The van der Waals surface area contributed by atoms with Crippen molar-refractivity contribution >= 4 is 23.5 Å². The molecule has 48 heavy (non-hydrogen) atoms. The molecule has 2 fully saturated rings. The highest BCUT2D eigenvalue weighted by atomic mass is 16.3. The minimum Gasteiger partial charge on any atom is -0.390 e. The van der Waals surface area contributed by atoms with Gasteiger partial charge in [0.1, 0.15) is 17.9 Å². The standard InChI is InChI=1S/C38H58N4O6/c1-5-12-32(38(48)40-33(25-29-15-10-7-11-16-29)36(46)34(44)23-27(2)3)39-37(47)30(24-28-13-8-6-9-14-28)26-35(45)41(4)21-22-42-19-17-31(43)18-20-42/h1,6,8-9,13-14,27,29-30,32-34,36,44,46H,7,10-12,15-26H2,2-4H3,(H,39,47)(H,40,48)/t30?,32-,33-,34-,36?/m0/s1. The summed E-state index contributed by atoms with van der Waals surface area (Å²) in [5.41, 5.74) is 0.888. The number of Topliss-reactive ketones (excluding diaryl/α,β-unsaturated/α-hetero) is 1. The maximum Gasteiger partial charge on any atom is 0.243 e. The van der Waals surface area contributed by atoms with Gasteiger partial charge in [0, 0.05) is 58.9 Å². The molecule has 5 atom stereocenters. The molecular weight excluding hydrogens is 608 g/mol. The first-order chi connectivity index (χ1) is 23.0. The van der Waals surface area contributed by atoms with Gasteiger partial charge in [-0.3, -0.25) is 19.2 Å². The Hall–Kier alpha value is -3.26. The van der Waals surface area contributed by atoms with Crippen LogP contribution in [-0.2, 0) is 25.6 Å². The summed E-state index contributed by atoms with van der Waals surface area (Å²) in [4.78, 5) is 56.3. The first-order valence-electron chi connectivity index (χ1n) is 17.9. The summed E-state index contributed by atoms with van der Waals surface area (Å²) in [6.07, 6.45) is 11.0. The van der Waals surface area contributed by atoms with Crippen molar-refractivity contribution in [2.75, 3.05) is 33.2 Å². The van der Waals surface area contributed by atoms with Gasteiger partial charge in [0.05, 0.1) is 18.1 Å². The van der Waals surface area contributed by atoms with E-state index in [0.29, 0.717) is 64.2 Å². The number of carbonyl (C=O) groups excluding carboxylic acids is 4. The van der Waals surface area contributed by atoms with Crippen molar-refractivity contribution in [2.24, 2.45) is 17.8 Å². The summed E-state index contributed by atoms with van der Waals surface area (Å²) in [5.74, 6) is 1.34. The molecule has 10 nitrogen and oxygen atoms in total. The lowest BCUT2D eigenvalue weighted by Gasteiger charge is -2.33. The van der Waals surface area contributed by atoms with Gasteiger partial charge in [-0.15, -0.1) is 12.3 Å². The van der Waals surface area contributed by atoms with E-state index in [0.717, 1.165) is 31.2 Å². The van der Waals surface area contributed by atoms with Gasteiger partial charge in [-0.2, -0.15) is 0 Å². The minimum absolute atomic E-state index is 0.0511. The molecule has 1 aromatic carbocycles. The largest absolute Gasteiger partial charge is 0.390 e. The zero-order valence-electron chi connectivity index (χ0n) is 29.2. The molecule has 0 spiro atoms. The molecule has 1 aromatic rings. The van der Waals surface area contributed by atoms with Crippen LogP contribution >= 0.6 is 0 Å². The van der Waals surface area contributed by atoms with Crippen LogP contribution in [0.15, 0.2) is 30.3 Å². The predicted molar refractivity (Wildman–Crippen MR) is 187 cm³/mol. The molecule has 3 amide bonds. The average Bonchev–Trinajstić information content (AvgIpc) is 3.07. The summed E-state index contributed by atoms with van der Waals surface area (Å²) < 4.78 is 0. The summed E-state index contributed by atoms with van der Waals surface area (Å²) >= 11 is 0. The van der Waals surface area contributed by atoms with Gasteiger partial charge in [-0.25, -0.2) is 0 Å². The third kappa shape index (κ3) is 13.3. The predicted octanol–water partition coefficient (Wildman–Crippen LogP) is 3.09. The number of amides is 3. The number of ketones is 1. The van der Waals surface area contributed by atoms with Crippen LogP contribution in [0, 0.1) is 30.1 Å². The van der Waals surface area contributed by atoms with Crippen molar-refractivity contribution in [1.82, 2.24) is 20.4 Å². The molecule has 3 rings (SSSR count). The lowest BCUT2D eigenvalue weighted by Crippen LogP contribution is -2.56. The first kappa shape index (κ1) is 39.2. The average molecular weight is 667 g/mol. The Labute approximate surface area is 287 Å². The molecule has 2 aliphatic rings. The van der Waals surface area contributed by atoms with Crippen LogP contribution in [0.3, 0.4) is 0 Å². The number of terminal acetylenes is 1. The Morgan fingerprint density at radius 1 is 1.02 bits per heavy atom. The molecule has 266 valence electrons. The molecule has 0 radical (unpaired) electrons. The number of hydrogen-bond acceptors (Lipinski definition) is 7. The van der Waals surface area contributed by atoms with Crippen LogP contribution in [-0.4, -0.2) is 101 Å². The number of benzene rings is 1. The number of piperidine rings is 1. The van der Waals surface area contributed by atoms with Crippen LogP contribution in [0.2, 0.25) is 0 Å². The van der Waals surface area contributed by atoms with E-state index in [2.05, 4.69) is 21.5 Å². The molecule has 1 aliphatic carbocycles. The number of aliphatic hydroxyl groups is 2. The third-order valence-corrected chi connectivity index (χ3v) is 9.82. The molecule has 1 aliphatic heterocycles. The van der Waals surface area contributed by atoms with Crippen LogP contribution in [0.1, 0.15) is 90.0 Å². The number of nitrogens with one attached hydrogen (secondary N) is 2. The third-order valence-electron chi connectivity index (χ3n) is 9.82. The van der Waals surface area contributed by atoms with E-state index in [4.69, 9.17) is 6.42 Å². The molecule has 10 heteroatoms. The van der Waals surface area contributed by atoms with E-state index in [1.165, 1.54) is 6.42 Å². The van der Waals surface area contributed by atoms with Crippen molar-refractivity contribution in [3.8, 4) is 12.3 Å². The summed E-state index contributed by atoms with van der Waals surface area (Å²) in [7, 11) is 1.72. The monoisotopic (exact) mass is 666 g/mol. The van der Waals surface area contributed by atoms with Crippen LogP contribution in [0.25, 0.3) is 0 Å². The lowest BCUT2D eigenvalue weighted by atomic mass is 9.82. The van der Waals surface area contributed by atoms with Gasteiger partial charge < -0.3 is 30.6 Å². The fourth-order valence-corrected chi connectivity index (χ4v) is 6.82. The topological polar surface area (TPSA) is 139 Å². The van der Waals surface area contributed by atoms with Crippen LogP contribution < -0.4 is 10.6 Å². The van der Waals surface area contributed by atoms with Crippen LogP contribution in [0.5, 0.6) is 0 Å². The fourth-order valence-electron chi connectivity index (χ4n) is 6.82. The van der Waals surface area contributed by atoms with Gasteiger partial charge in [-0.05, 0) is 36.7 Å². The summed E-state index contributed by atoms with van der Waals surface area (Å²) in [5, 5.41) is 27.8. The van der Waals surface area contributed by atoms with Crippen molar-refractivity contribution in [3.05, 3.63) is 35.9 Å². The normalized spacial score (nSPS) is 19.1. The second kappa shape index (κ2) is 20.3. The number of carbonyl (C=O) groups is 4. The SMILES string of the molecule is C#CC[C@H](NC(=O)C(CC(=O)N(C)CCN1CCC(=O)CC1)Cc1ccccc1)C(=O)N[C@@H](CC1CCCCC1)C(O)[C@@H](O)CC(C)C. The smallest absolute Gasteiger partial charge is 0.243 e. The number of aliphatic hydroxyl groups excluding tert-OH is 2. The van der Waals surface area contributed by atoms with E-state index < -0.39 is 42.0 Å². The Bertz CT molecular complexity index is 1200. The van der Waals surface area contributed by atoms with Gasteiger partial charge in [-0.1, -0.05) is 76.3 Å². The van der Waals surface area contributed by atoms with E-state index >= 15 is 0 Å². The number of likely N-dealkylation sites (tertiary alicyclic amines) is 1. The van der Waals surface area contributed by atoms with E-state index in [9.17, 15) is 29.4 Å². The minimum atomic E-state index is -1.16. The Kier molecular flexibility index (Phi) is 16.6. The highest BCUT2D eigenvalue weighted by Crippen LogP contribution is 2.29.